The van der Waals surface area contributed by atoms with Crippen LogP contribution in [0.5, 0.6) is 0 Å². The van der Waals surface area contributed by atoms with Crippen LogP contribution in [-0.2, 0) is 10.0 Å². The van der Waals surface area contributed by atoms with Crippen molar-refractivity contribution >= 4 is 21.6 Å². The molecule has 0 aromatic heterocycles. The van der Waals surface area contributed by atoms with Crippen LogP contribution >= 0.6 is 0 Å². The minimum absolute atomic E-state index is 0.154. The molecule has 2 aromatic carbocycles. The number of anilines is 1. The lowest BCUT2D eigenvalue weighted by atomic mass is 9.92. The quantitative estimate of drug-likeness (QED) is 0.734. The predicted molar refractivity (Wildman–Crippen MR) is 120 cm³/mol. The van der Waals surface area contributed by atoms with Gasteiger partial charge in [-0.25, -0.2) is 8.42 Å². The summed E-state index contributed by atoms with van der Waals surface area (Å²) < 4.78 is 26.9. The Kier molecular flexibility index (Phi) is 7.15. The third-order valence-electron chi connectivity index (χ3n) is 5.55. The number of carbonyl (C=O) groups excluding carboxylic acids is 1. The van der Waals surface area contributed by atoms with Crippen molar-refractivity contribution in [2.24, 2.45) is 11.8 Å². The van der Waals surface area contributed by atoms with E-state index < -0.39 is 10.0 Å². The standard InChI is InChI=1S/C23H31N3O3S/c1-18-15-19(2)17-26(16-18)14-13-24-23(27)20-9-11-22(12-10-20)30(28,29)25(3)21-7-5-4-6-8-21/h4-12,18-19H,13-17H2,1-3H3,(H,24,27). The zero-order valence-corrected chi connectivity index (χ0v) is 18.7. The molecular formula is C23H31N3O3S. The Balaban J connectivity index is 1.57. The third kappa shape index (κ3) is 5.40. The number of likely N-dealkylation sites (tertiary alicyclic amines) is 1. The summed E-state index contributed by atoms with van der Waals surface area (Å²) in [5.74, 6) is 1.19. The Morgan fingerprint density at radius 2 is 1.63 bits per heavy atom. The molecule has 2 unspecified atom stereocenters. The maximum absolute atomic E-state index is 12.8. The van der Waals surface area contributed by atoms with Crippen molar-refractivity contribution in [1.82, 2.24) is 10.2 Å². The number of para-hydroxylation sites is 1. The number of carbonyl (C=O) groups is 1. The van der Waals surface area contributed by atoms with Crippen molar-refractivity contribution in [1.29, 1.82) is 0 Å². The first-order chi connectivity index (χ1) is 14.3. The summed E-state index contributed by atoms with van der Waals surface area (Å²) in [7, 11) is -2.16. The molecule has 0 aliphatic carbocycles. The first-order valence-electron chi connectivity index (χ1n) is 10.4. The number of rotatable bonds is 7. The van der Waals surface area contributed by atoms with Crippen LogP contribution in [0.3, 0.4) is 0 Å². The maximum atomic E-state index is 12.8. The number of piperidine rings is 1. The smallest absolute Gasteiger partial charge is 0.264 e. The summed E-state index contributed by atoms with van der Waals surface area (Å²) >= 11 is 0. The summed E-state index contributed by atoms with van der Waals surface area (Å²) in [6.07, 6.45) is 1.26. The van der Waals surface area contributed by atoms with Crippen LogP contribution in [-0.4, -0.2) is 52.5 Å². The molecule has 7 heteroatoms. The summed E-state index contributed by atoms with van der Waals surface area (Å²) in [6.45, 7) is 8.09. The highest BCUT2D eigenvalue weighted by atomic mass is 32.2. The lowest BCUT2D eigenvalue weighted by molar-refractivity contribution is 0.0936. The molecule has 1 aliphatic heterocycles. The normalized spacial score (nSPS) is 20.0. The van der Waals surface area contributed by atoms with Crippen molar-refractivity contribution in [3.05, 3.63) is 60.2 Å². The van der Waals surface area contributed by atoms with Crippen LogP contribution in [0.4, 0.5) is 5.69 Å². The average molecular weight is 430 g/mol. The monoisotopic (exact) mass is 429 g/mol. The van der Waals surface area contributed by atoms with Crippen LogP contribution in [0.2, 0.25) is 0 Å². The number of benzene rings is 2. The van der Waals surface area contributed by atoms with Crippen molar-refractivity contribution in [2.75, 3.05) is 37.5 Å². The first-order valence-corrected chi connectivity index (χ1v) is 11.9. The second kappa shape index (κ2) is 9.62. The van der Waals surface area contributed by atoms with E-state index in [9.17, 15) is 13.2 Å². The zero-order chi connectivity index (χ0) is 21.7. The highest BCUT2D eigenvalue weighted by molar-refractivity contribution is 7.92. The molecule has 1 heterocycles. The largest absolute Gasteiger partial charge is 0.351 e. The molecule has 2 aromatic rings. The third-order valence-corrected chi connectivity index (χ3v) is 7.35. The van der Waals surface area contributed by atoms with Gasteiger partial charge < -0.3 is 10.2 Å². The average Bonchev–Trinajstić information content (AvgIpc) is 2.73. The van der Waals surface area contributed by atoms with Crippen molar-refractivity contribution in [3.63, 3.8) is 0 Å². The second-order valence-electron chi connectivity index (χ2n) is 8.29. The van der Waals surface area contributed by atoms with E-state index >= 15 is 0 Å². The Morgan fingerprint density at radius 1 is 1.03 bits per heavy atom. The van der Waals surface area contributed by atoms with E-state index in [1.54, 1.807) is 36.4 Å². The van der Waals surface area contributed by atoms with E-state index in [1.165, 1.54) is 29.9 Å². The summed E-state index contributed by atoms with van der Waals surface area (Å²) in [5, 5.41) is 2.94. The van der Waals surface area contributed by atoms with E-state index in [0.29, 0.717) is 29.6 Å². The van der Waals surface area contributed by atoms with E-state index in [4.69, 9.17) is 0 Å². The van der Waals surface area contributed by atoms with Gasteiger partial charge in [0.25, 0.3) is 15.9 Å². The molecule has 1 amide bonds. The van der Waals surface area contributed by atoms with E-state index in [1.807, 2.05) is 6.07 Å². The van der Waals surface area contributed by atoms with Crippen LogP contribution in [0.1, 0.15) is 30.6 Å². The fourth-order valence-electron chi connectivity index (χ4n) is 4.12. The molecule has 0 bridgehead atoms. The molecule has 1 aliphatic rings. The minimum atomic E-state index is -3.68. The van der Waals surface area contributed by atoms with Crippen LogP contribution < -0.4 is 9.62 Å². The van der Waals surface area contributed by atoms with Gasteiger partial charge >= 0.3 is 0 Å². The van der Waals surface area contributed by atoms with E-state index in [2.05, 4.69) is 24.1 Å². The number of hydrogen-bond donors (Lipinski definition) is 1. The fourth-order valence-corrected chi connectivity index (χ4v) is 5.31. The Hall–Kier alpha value is -2.38. The molecule has 0 saturated carbocycles. The van der Waals surface area contributed by atoms with Gasteiger partial charge in [-0.1, -0.05) is 32.0 Å². The molecule has 162 valence electrons. The van der Waals surface area contributed by atoms with Gasteiger partial charge in [0, 0.05) is 38.8 Å². The second-order valence-corrected chi connectivity index (χ2v) is 10.3. The number of nitrogens with one attached hydrogen (secondary N) is 1. The van der Waals surface area contributed by atoms with Gasteiger partial charge in [-0.3, -0.25) is 9.10 Å². The summed E-state index contributed by atoms with van der Waals surface area (Å²) in [5.41, 5.74) is 1.04. The van der Waals surface area contributed by atoms with Gasteiger partial charge in [0.05, 0.1) is 10.6 Å². The molecule has 0 radical (unpaired) electrons. The van der Waals surface area contributed by atoms with Gasteiger partial charge in [0.1, 0.15) is 0 Å². The van der Waals surface area contributed by atoms with E-state index in [-0.39, 0.29) is 10.8 Å². The van der Waals surface area contributed by atoms with Gasteiger partial charge in [-0.15, -0.1) is 0 Å². The number of amides is 1. The minimum Gasteiger partial charge on any atom is -0.351 e. The molecular weight excluding hydrogens is 398 g/mol. The first kappa shape index (κ1) is 22.3. The Morgan fingerprint density at radius 3 is 2.23 bits per heavy atom. The Labute approximate surface area is 179 Å². The maximum Gasteiger partial charge on any atom is 0.264 e. The molecule has 30 heavy (non-hydrogen) atoms. The molecule has 1 N–H and O–H groups in total. The van der Waals surface area contributed by atoms with Crippen LogP contribution in [0.25, 0.3) is 0 Å². The SMILES string of the molecule is CC1CC(C)CN(CCNC(=O)c2ccc(S(=O)(=O)N(C)c3ccccc3)cc2)C1. The molecule has 3 rings (SSSR count). The van der Waals surface area contributed by atoms with Gasteiger partial charge in [0.15, 0.2) is 0 Å². The number of nitrogens with zero attached hydrogens (tertiary/aromatic N) is 2. The molecule has 2 atom stereocenters. The highest BCUT2D eigenvalue weighted by Gasteiger charge is 2.22. The van der Waals surface area contributed by atoms with Crippen molar-refractivity contribution in [3.8, 4) is 0 Å². The topological polar surface area (TPSA) is 69.7 Å². The highest BCUT2D eigenvalue weighted by Crippen LogP contribution is 2.22. The van der Waals surface area contributed by atoms with Gasteiger partial charge in [-0.2, -0.15) is 0 Å². The molecule has 6 nitrogen and oxygen atoms in total. The van der Waals surface area contributed by atoms with E-state index in [0.717, 1.165) is 19.6 Å². The molecule has 1 saturated heterocycles. The van der Waals surface area contributed by atoms with Crippen molar-refractivity contribution < 1.29 is 13.2 Å². The number of hydrogen-bond acceptors (Lipinski definition) is 4. The van der Waals surface area contributed by atoms with Crippen LogP contribution in [0, 0.1) is 11.8 Å². The molecule has 1 fully saturated rings. The summed E-state index contributed by atoms with van der Waals surface area (Å²) in [6, 6.07) is 15.0. The zero-order valence-electron chi connectivity index (χ0n) is 17.9. The molecule has 0 spiro atoms. The lowest BCUT2D eigenvalue weighted by Gasteiger charge is -2.34. The lowest BCUT2D eigenvalue weighted by Crippen LogP contribution is -2.42. The number of sulfonamides is 1. The van der Waals surface area contributed by atoms with Crippen molar-refractivity contribution in [2.45, 2.75) is 25.2 Å². The van der Waals surface area contributed by atoms with Gasteiger partial charge in [-0.05, 0) is 54.7 Å². The van der Waals surface area contributed by atoms with Gasteiger partial charge in [0.2, 0.25) is 0 Å². The Bertz CT molecular complexity index is 935. The predicted octanol–water partition coefficient (Wildman–Crippen LogP) is 3.22. The van der Waals surface area contributed by atoms with Crippen LogP contribution in [0.15, 0.2) is 59.5 Å². The summed E-state index contributed by atoms with van der Waals surface area (Å²) in [4.78, 5) is 15.0. The fraction of sp³-hybridized carbons (Fsp3) is 0.435.